The molecule has 1 aliphatic rings. The van der Waals surface area contributed by atoms with E-state index in [9.17, 15) is 5.11 Å². The van der Waals surface area contributed by atoms with Gasteiger partial charge in [0.2, 0.25) is 5.95 Å². The van der Waals surface area contributed by atoms with Crippen LogP contribution in [0.25, 0.3) is 0 Å². The van der Waals surface area contributed by atoms with Gasteiger partial charge in [-0.15, -0.1) is 0 Å². The summed E-state index contributed by atoms with van der Waals surface area (Å²) >= 11 is 0. The van der Waals surface area contributed by atoms with Gasteiger partial charge in [0, 0.05) is 45.1 Å². The minimum Gasteiger partial charge on any atom is -0.389 e. The molecule has 0 amide bonds. The lowest BCUT2D eigenvalue weighted by Crippen LogP contribution is -2.43. The molecule has 1 N–H and O–H groups in total. The molecule has 5 nitrogen and oxygen atoms in total. The standard InChI is InChI=1S/C16H28N4O/c1-13-5-7-16(21,8-6-13)12-20(4)11-14-9-17-15(18-10-14)19(2)3/h9-10,13,21H,5-8,11-12H2,1-4H3. The van der Waals surface area contributed by atoms with Gasteiger partial charge >= 0.3 is 0 Å². The summed E-state index contributed by atoms with van der Waals surface area (Å²) < 4.78 is 0. The molecule has 0 aliphatic heterocycles. The van der Waals surface area contributed by atoms with Crippen molar-refractivity contribution in [3.05, 3.63) is 18.0 Å². The van der Waals surface area contributed by atoms with Gasteiger partial charge in [0.15, 0.2) is 0 Å². The van der Waals surface area contributed by atoms with E-state index in [4.69, 9.17) is 0 Å². The van der Waals surface area contributed by atoms with Crippen molar-refractivity contribution in [1.29, 1.82) is 0 Å². The lowest BCUT2D eigenvalue weighted by atomic mass is 9.79. The summed E-state index contributed by atoms with van der Waals surface area (Å²) in [6.45, 7) is 3.76. The van der Waals surface area contributed by atoms with E-state index in [2.05, 4.69) is 28.8 Å². The van der Waals surface area contributed by atoms with Crippen LogP contribution in [-0.2, 0) is 6.54 Å². The number of anilines is 1. The van der Waals surface area contributed by atoms with Gasteiger partial charge in [-0.2, -0.15) is 0 Å². The molecule has 0 unspecified atom stereocenters. The lowest BCUT2D eigenvalue weighted by Gasteiger charge is -2.37. The first-order valence-corrected chi connectivity index (χ1v) is 7.77. The largest absolute Gasteiger partial charge is 0.389 e. The zero-order chi connectivity index (χ0) is 15.5. The monoisotopic (exact) mass is 292 g/mol. The Morgan fingerprint density at radius 1 is 1.19 bits per heavy atom. The van der Waals surface area contributed by atoms with Crippen LogP contribution in [0.2, 0.25) is 0 Å². The second-order valence-electron chi connectivity index (χ2n) is 6.86. The summed E-state index contributed by atoms with van der Waals surface area (Å²) in [5, 5.41) is 10.7. The third-order valence-electron chi connectivity index (χ3n) is 4.31. The normalized spacial score (nSPS) is 26.1. The van der Waals surface area contributed by atoms with E-state index in [-0.39, 0.29) is 0 Å². The van der Waals surface area contributed by atoms with E-state index >= 15 is 0 Å². The van der Waals surface area contributed by atoms with Gasteiger partial charge in [0.25, 0.3) is 0 Å². The Bertz CT molecular complexity index is 438. The predicted octanol–water partition coefficient (Wildman–Crippen LogP) is 1.92. The zero-order valence-electron chi connectivity index (χ0n) is 13.7. The fourth-order valence-corrected chi connectivity index (χ4v) is 2.99. The Morgan fingerprint density at radius 2 is 1.76 bits per heavy atom. The predicted molar refractivity (Wildman–Crippen MR) is 85.3 cm³/mol. The molecule has 0 radical (unpaired) electrons. The highest BCUT2D eigenvalue weighted by atomic mass is 16.3. The van der Waals surface area contributed by atoms with Crippen LogP contribution >= 0.6 is 0 Å². The van der Waals surface area contributed by atoms with Gasteiger partial charge in [-0.05, 0) is 38.6 Å². The van der Waals surface area contributed by atoms with Crippen LogP contribution in [0, 0.1) is 5.92 Å². The van der Waals surface area contributed by atoms with Crippen molar-refractivity contribution in [2.24, 2.45) is 5.92 Å². The molecular formula is C16H28N4O. The maximum Gasteiger partial charge on any atom is 0.224 e. The Hall–Kier alpha value is -1.20. The molecule has 21 heavy (non-hydrogen) atoms. The summed E-state index contributed by atoms with van der Waals surface area (Å²) in [7, 11) is 5.91. The van der Waals surface area contributed by atoms with Crippen molar-refractivity contribution < 1.29 is 5.11 Å². The molecule has 2 rings (SSSR count). The minimum absolute atomic E-state index is 0.522. The van der Waals surface area contributed by atoms with Crippen molar-refractivity contribution in [1.82, 2.24) is 14.9 Å². The summed E-state index contributed by atoms with van der Waals surface area (Å²) in [6, 6.07) is 0. The molecule has 1 aromatic heterocycles. The summed E-state index contributed by atoms with van der Waals surface area (Å²) in [6.07, 6.45) is 7.82. The van der Waals surface area contributed by atoms with Crippen molar-refractivity contribution in [2.45, 2.75) is 44.8 Å². The molecule has 1 heterocycles. The van der Waals surface area contributed by atoms with Crippen LogP contribution in [-0.4, -0.2) is 53.3 Å². The summed E-state index contributed by atoms with van der Waals surface area (Å²) in [5.41, 5.74) is 0.557. The highest BCUT2D eigenvalue weighted by molar-refractivity contribution is 5.26. The summed E-state index contributed by atoms with van der Waals surface area (Å²) in [5.74, 6) is 1.48. The quantitative estimate of drug-likeness (QED) is 0.898. The van der Waals surface area contributed by atoms with Crippen molar-refractivity contribution in [2.75, 3.05) is 32.6 Å². The van der Waals surface area contributed by atoms with Gasteiger partial charge in [-0.3, -0.25) is 4.90 Å². The number of rotatable bonds is 5. The number of hydrogen-bond acceptors (Lipinski definition) is 5. The zero-order valence-corrected chi connectivity index (χ0v) is 13.7. The van der Waals surface area contributed by atoms with Crippen LogP contribution in [0.3, 0.4) is 0 Å². The summed E-state index contributed by atoms with van der Waals surface area (Å²) in [4.78, 5) is 12.7. The van der Waals surface area contributed by atoms with E-state index in [1.807, 2.05) is 31.4 Å². The number of hydrogen-bond donors (Lipinski definition) is 1. The molecular weight excluding hydrogens is 264 g/mol. The Balaban J connectivity index is 1.87. The molecule has 0 bridgehead atoms. The maximum absolute atomic E-state index is 10.7. The number of aromatic nitrogens is 2. The van der Waals surface area contributed by atoms with E-state index in [1.54, 1.807) is 0 Å². The Morgan fingerprint density at radius 3 is 2.29 bits per heavy atom. The fourth-order valence-electron chi connectivity index (χ4n) is 2.99. The number of nitrogens with zero attached hydrogens (tertiary/aromatic N) is 4. The first-order chi connectivity index (χ1) is 9.88. The topological polar surface area (TPSA) is 52.5 Å². The van der Waals surface area contributed by atoms with Crippen LogP contribution in [0.15, 0.2) is 12.4 Å². The molecule has 118 valence electrons. The third-order valence-corrected chi connectivity index (χ3v) is 4.31. The minimum atomic E-state index is -0.522. The van der Waals surface area contributed by atoms with E-state index < -0.39 is 5.60 Å². The second kappa shape index (κ2) is 6.71. The molecule has 1 aromatic rings. The maximum atomic E-state index is 10.7. The van der Waals surface area contributed by atoms with E-state index in [0.29, 0.717) is 0 Å². The van der Waals surface area contributed by atoms with Gasteiger partial charge < -0.3 is 10.0 Å². The molecule has 5 heteroatoms. The highest BCUT2D eigenvalue weighted by Crippen LogP contribution is 2.32. The smallest absolute Gasteiger partial charge is 0.224 e. The molecule has 0 spiro atoms. The first-order valence-electron chi connectivity index (χ1n) is 7.77. The van der Waals surface area contributed by atoms with Crippen LogP contribution in [0.4, 0.5) is 5.95 Å². The molecule has 0 saturated heterocycles. The van der Waals surface area contributed by atoms with Crippen LogP contribution in [0.1, 0.15) is 38.2 Å². The van der Waals surface area contributed by atoms with Gasteiger partial charge in [0.05, 0.1) is 5.60 Å². The molecule has 1 fully saturated rings. The number of aliphatic hydroxyl groups is 1. The molecule has 0 atom stereocenters. The van der Waals surface area contributed by atoms with Gasteiger partial charge in [-0.1, -0.05) is 6.92 Å². The average Bonchev–Trinajstić information content (AvgIpc) is 2.43. The molecule has 1 saturated carbocycles. The van der Waals surface area contributed by atoms with E-state index in [1.165, 1.54) is 0 Å². The SMILES string of the molecule is CC1CCC(O)(CN(C)Cc2cnc(N(C)C)nc2)CC1. The van der Waals surface area contributed by atoms with Crippen LogP contribution < -0.4 is 4.90 Å². The van der Waals surface area contributed by atoms with Crippen LogP contribution in [0.5, 0.6) is 0 Å². The molecule has 0 aromatic carbocycles. The first kappa shape index (κ1) is 16.2. The highest BCUT2D eigenvalue weighted by Gasteiger charge is 2.32. The molecule has 1 aliphatic carbocycles. The lowest BCUT2D eigenvalue weighted by molar-refractivity contribution is -0.0315. The third kappa shape index (κ3) is 4.64. The van der Waals surface area contributed by atoms with Crippen molar-refractivity contribution >= 4 is 5.95 Å². The fraction of sp³-hybridized carbons (Fsp3) is 0.750. The second-order valence-corrected chi connectivity index (χ2v) is 6.86. The Labute approximate surface area is 128 Å². The van der Waals surface area contributed by atoms with Gasteiger partial charge in [0.1, 0.15) is 0 Å². The van der Waals surface area contributed by atoms with E-state index in [0.717, 1.165) is 56.2 Å². The number of likely N-dealkylation sites (N-methyl/N-ethyl adjacent to an activating group) is 1. The van der Waals surface area contributed by atoms with Crippen molar-refractivity contribution in [3.8, 4) is 0 Å². The van der Waals surface area contributed by atoms with Crippen molar-refractivity contribution in [3.63, 3.8) is 0 Å². The Kier molecular flexibility index (Phi) is 5.17. The average molecular weight is 292 g/mol. The van der Waals surface area contributed by atoms with Gasteiger partial charge in [-0.25, -0.2) is 9.97 Å².